The Bertz CT molecular complexity index is 895. The van der Waals surface area contributed by atoms with Crippen molar-refractivity contribution in [2.24, 2.45) is 0 Å². The molecule has 0 radical (unpaired) electrons. The molecule has 0 unspecified atom stereocenters. The van der Waals surface area contributed by atoms with Gasteiger partial charge in [0, 0.05) is 36.8 Å². The van der Waals surface area contributed by atoms with Crippen molar-refractivity contribution in [3.8, 4) is 0 Å². The summed E-state index contributed by atoms with van der Waals surface area (Å²) in [7, 11) is 0. The van der Waals surface area contributed by atoms with Gasteiger partial charge in [-0.3, -0.25) is 0 Å². The van der Waals surface area contributed by atoms with Gasteiger partial charge in [0.15, 0.2) is 5.13 Å². The number of aryl methyl sites for hydroxylation is 2. The second-order valence-electron chi connectivity index (χ2n) is 6.57. The fourth-order valence-corrected chi connectivity index (χ4v) is 5.08. The Morgan fingerprint density at radius 3 is 2.52 bits per heavy atom. The number of hydrogen-bond donors (Lipinski definition) is 0. The third-order valence-corrected chi connectivity index (χ3v) is 6.70. The molecule has 2 aromatic carbocycles. The molecule has 2 heterocycles. The summed E-state index contributed by atoms with van der Waals surface area (Å²) in [6.07, 6.45) is 2.12. The summed E-state index contributed by atoms with van der Waals surface area (Å²) in [6.45, 7) is 8.54. The van der Waals surface area contributed by atoms with Crippen molar-refractivity contribution < 1.29 is 0 Å². The number of rotatable bonds is 3. The molecular formula is C20H23N3S2. The highest BCUT2D eigenvalue weighted by Gasteiger charge is 2.21. The van der Waals surface area contributed by atoms with Crippen molar-refractivity contribution in [3.05, 3.63) is 47.5 Å². The van der Waals surface area contributed by atoms with Crippen LogP contribution >= 0.6 is 23.1 Å². The van der Waals surface area contributed by atoms with Crippen molar-refractivity contribution in [3.63, 3.8) is 0 Å². The smallest absolute Gasteiger partial charge is 0.186 e. The molecule has 1 aliphatic rings. The van der Waals surface area contributed by atoms with E-state index in [1.165, 1.54) is 26.4 Å². The molecule has 130 valence electrons. The summed E-state index contributed by atoms with van der Waals surface area (Å²) >= 11 is 3.60. The molecule has 1 aromatic heterocycles. The van der Waals surface area contributed by atoms with Crippen LogP contribution in [0.25, 0.3) is 10.2 Å². The Morgan fingerprint density at radius 1 is 1.00 bits per heavy atom. The maximum atomic E-state index is 4.94. The lowest BCUT2D eigenvalue weighted by molar-refractivity contribution is 0.651. The van der Waals surface area contributed by atoms with Crippen molar-refractivity contribution in [1.82, 2.24) is 4.98 Å². The minimum atomic E-state index is 1.03. The molecule has 0 aliphatic carbocycles. The van der Waals surface area contributed by atoms with E-state index >= 15 is 0 Å². The van der Waals surface area contributed by atoms with E-state index in [0.717, 1.165) is 36.8 Å². The Kier molecular flexibility index (Phi) is 4.61. The predicted molar refractivity (Wildman–Crippen MR) is 112 cm³/mol. The molecule has 0 bridgehead atoms. The minimum Gasteiger partial charge on any atom is -0.368 e. The first-order valence-corrected chi connectivity index (χ1v) is 10.7. The molecule has 4 rings (SSSR count). The van der Waals surface area contributed by atoms with Crippen LogP contribution in [-0.4, -0.2) is 37.4 Å². The Balaban J connectivity index is 1.53. The highest BCUT2D eigenvalue weighted by molar-refractivity contribution is 7.98. The van der Waals surface area contributed by atoms with Crippen LogP contribution in [0.5, 0.6) is 0 Å². The molecule has 0 atom stereocenters. The third-order valence-electron chi connectivity index (χ3n) is 4.85. The molecule has 3 nitrogen and oxygen atoms in total. The van der Waals surface area contributed by atoms with Crippen molar-refractivity contribution in [1.29, 1.82) is 0 Å². The molecule has 3 aromatic rings. The van der Waals surface area contributed by atoms with Gasteiger partial charge in [0.1, 0.15) is 0 Å². The average molecular weight is 370 g/mol. The molecule has 5 heteroatoms. The molecule has 0 spiro atoms. The number of para-hydroxylation sites is 1. The number of fused-ring (bicyclic) bond motifs is 1. The zero-order chi connectivity index (χ0) is 17.4. The van der Waals surface area contributed by atoms with E-state index in [1.54, 1.807) is 11.8 Å². The number of thioether (sulfide) groups is 1. The van der Waals surface area contributed by atoms with E-state index in [2.05, 4.69) is 66.3 Å². The van der Waals surface area contributed by atoms with Gasteiger partial charge in [0.25, 0.3) is 0 Å². The van der Waals surface area contributed by atoms with Crippen molar-refractivity contribution in [2.45, 2.75) is 18.7 Å². The molecular weight excluding hydrogens is 346 g/mol. The van der Waals surface area contributed by atoms with Gasteiger partial charge in [-0.1, -0.05) is 29.5 Å². The van der Waals surface area contributed by atoms with Crippen molar-refractivity contribution >= 4 is 44.1 Å². The number of thiazole rings is 1. The topological polar surface area (TPSA) is 19.4 Å². The van der Waals surface area contributed by atoms with Gasteiger partial charge in [0.05, 0.1) is 10.2 Å². The first kappa shape index (κ1) is 16.7. The van der Waals surface area contributed by atoms with Gasteiger partial charge < -0.3 is 9.80 Å². The monoisotopic (exact) mass is 369 g/mol. The van der Waals surface area contributed by atoms with Gasteiger partial charge in [-0.15, -0.1) is 11.8 Å². The zero-order valence-electron chi connectivity index (χ0n) is 15.0. The summed E-state index contributed by atoms with van der Waals surface area (Å²) in [5.41, 5.74) is 5.24. The van der Waals surface area contributed by atoms with Gasteiger partial charge in [-0.05, 0) is 49.4 Å². The number of anilines is 2. The Hall–Kier alpha value is -1.72. The lowest BCUT2D eigenvalue weighted by atomic mass is 10.1. The second-order valence-corrected chi connectivity index (χ2v) is 8.42. The van der Waals surface area contributed by atoms with Gasteiger partial charge >= 0.3 is 0 Å². The van der Waals surface area contributed by atoms with Gasteiger partial charge in [-0.25, -0.2) is 4.98 Å². The third kappa shape index (κ3) is 3.23. The van der Waals surface area contributed by atoms with Gasteiger partial charge in [-0.2, -0.15) is 0 Å². The predicted octanol–water partition coefficient (Wildman–Crippen LogP) is 4.96. The fraction of sp³-hybridized carbons (Fsp3) is 0.350. The van der Waals surface area contributed by atoms with Crippen LogP contribution in [0.4, 0.5) is 10.8 Å². The summed E-state index contributed by atoms with van der Waals surface area (Å²) in [6, 6.07) is 13.2. The molecule has 1 fully saturated rings. The number of benzene rings is 2. The second kappa shape index (κ2) is 6.89. The molecule has 25 heavy (non-hydrogen) atoms. The van der Waals surface area contributed by atoms with Crippen LogP contribution < -0.4 is 9.80 Å². The minimum absolute atomic E-state index is 1.03. The molecule has 1 aliphatic heterocycles. The first-order valence-electron chi connectivity index (χ1n) is 8.66. The van der Waals surface area contributed by atoms with Crippen LogP contribution in [0, 0.1) is 13.8 Å². The van der Waals surface area contributed by atoms with Crippen LogP contribution in [0.1, 0.15) is 11.1 Å². The maximum Gasteiger partial charge on any atom is 0.186 e. The zero-order valence-corrected chi connectivity index (χ0v) is 16.6. The number of aromatic nitrogens is 1. The lowest BCUT2D eigenvalue weighted by Gasteiger charge is -2.36. The fourth-order valence-electron chi connectivity index (χ4n) is 3.41. The van der Waals surface area contributed by atoms with Crippen LogP contribution in [0.15, 0.2) is 41.3 Å². The maximum absolute atomic E-state index is 4.94. The Morgan fingerprint density at radius 2 is 1.76 bits per heavy atom. The summed E-state index contributed by atoms with van der Waals surface area (Å²) in [4.78, 5) is 11.2. The van der Waals surface area contributed by atoms with E-state index in [9.17, 15) is 0 Å². The van der Waals surface area contributed by atoms with Crippen LogP contribution in [0.3, 0.4) is 0 Å². The molecule has 0 amide bonds. The van der Waals surface area contributed by atoms with Crippen molar-refractivity contribution in [2.75, 3.05) is 42.2 Å². The molecule has 1 saturated heterocycles. The molecule has 0 N–H and O–H groups in total. The normalized spacial score (nSPS) is 15.2. The van der Waals surface area contributed by atoms with E-state index in [0.29, 0.717) is 0 Å². The van der Waals surface area contributed by atoms with E-state index in [-0.39, 0.29) is 0 Å². The summed E-state index contributed by atoms with van der Waals surface area (Å²) in [5.74, 6) is 0. The molecule has 0 saturated carbocycles. The number of hydrogen-bond acceptors (Lipinski definition) is 5. The van der Waals surface area contributed by atoms with Gasteiger partial charge in [0.2, 0.25) is 0 Å². The number of nitrogens with zero attached hydrogens (tertiary/aromatic N) is 3. The van der Waals surface area contributed by atoms with Crippen LogP contribution in [-0.2, 0) is 0 Å². The SMILES string of the molecule is CSc1cccc2sc(N3CCN(c4cc(C)ccc4C)CC3)nc12. The average Bonchev–Trinajstić information content (AvgIpc) is 3.08. The van der Waals surface area contributed by atoms with Crippen LogP contribution in [0.2, 0.25) is 0 Å². The highest BCUT2D eigenvalue weighted by Crippen LogP contribution is 2.34. The van der Waals surface area contributed by atoms with E-state index in [4.69, 9.17) is 4.98 Å². The standard InChI is InChI=1S/C20H23N3S2/c1-14-7-8-15(2)16(13-14)22-9-11-23(12-10-22)20-21-19-17(24-3)5-4-6-18(19)25-20/h4-8,13H,9-12H2,1-3H3. The number of piperazine rings is 1. The first-order chi connectivity index (χ1) is 12.2. The van der Waals surface area contributed by atoms with E-state index < -0.39 is 0 Å². The Labute approximate surface area is 157 Å². The van der Waals surface area contributed by atoms with E-state index in [1.807, 2.05) is 11.3 Å². The summed E-state index contributed by atoms with van der Waals surface area (Å²) < 4.78 is 1.29. The largest absolute Gasteiger partial charge is 0.368 e. The highest BCUT2D eigenvalue weighted by atomic mass is 32.2. The summed E-state index contributed by atoms with van der Waals surface area (Å²) in [5, 5.41) is 1.16. The quantitative estimate of drug-likeness (QED) is 0.607. The lowest BCUT2D eigenvalue weighted by Crippen LogP contribution is -2.46.